The second kappa shape index (κ2) is 78.3. The van der Waals surface area contributed by atoms with Gasteiger partial charge in [0.05, 0.1) is 264 Å². The summed E-state index contributed by atoms with van der Waals surface area (Å²) in [4.78, 5) is 16.5. The third kappa shape index (κ3) is 74.0. The first-order valence-corrected chi connectivity index (χ1v) is 34.8. The fraction of sp³-hybridized carbons (Fsp3) is 0.985. The summed E-state index contributed by atoms with van der Waals surface area (Å²) in [6, 6.07) is 0. The van der Waals surface area contributed by atoms with Gasteiger partial charge in [0.15, 0.2) is 0 Å². The largest absolute Gasteiger partial charge is 0.463 e. The minimum Gasteiger partial charge on any atom is -0.463 e. The highest BCUT2D eigenvalue weighted by atomic mass is 16.6. The van der Waals surface area contributed by atoms with Crippen LogP contribution in [0.15, 0.2) is 0 Å². The molecule has 0 radical (unpaired) electrons. The second-order valence-corrected chi connectivity index (χ2v) is 21.7. The second-order valence-electron chi connectivity index (χ2n) is 21.7. The standard InChI is InChI=1S/C66H132N2O22/c1-3-4-5-6-7-8-9-10-11-12-13-14-15-16-17-18-25-70-26-27-71-28-29-72-30-31-73-32-33-74-34-35-75-36-37-76-38-39-77-40-41-78-42-43-79-44-45-80-46-47-81-48-49-82-50-51-83-52-53-84-54-55-85-56-57-86-58-59-87-60-61-88-62-63-89-64-65-90-66(69)19-20-68-23-21-67(2)22-24-68/h3-65H2,1-2H3. The summed E-state index contributed by atoms with van der Waals surface area (Å²) < 4.78 is 116. The van der Waals surface area contributed by atoms with Gasteiger partial charge >= 0.3 is 5.97 Å². The van der Waals surface area contributed by atoms with Crippen molar-refractivity contribution in [3.63, 3.8) is 0 Å². The molecule has 0 spiro atoms. The van der Waals surface area contributed by atoms with Gasteiger partial charge in [-0.1, -0.05) is 103 Å². The number of esters is 1. The maximum Gasteiger partial charge on any atom is 0.307 e. The zero-order chi connectivity index (χ0) is 64.1. The maximum absolute atomic E-state index is 11.9. The van der Waals surface area contributed by atoms with Crippen LogP contribution in [0.4, 0.5) is 0 Å². The molecule has 0 aromatic carbocycles. The molecule has 1 aliphatic rings. The van der Waals surface area contributed by atoms with E-state index in [1.165, 1.54) is 96.3 Å². The summed E-state index contributed by atoms with van der Waals surface area (Å²) in [5.41, 5.74) is 0. The van der Waals surface area contributed by atoms with Crippen LogP contribution in [0.2, 0.25) is 0 Å². The Labute approximate surface area is 545 Å². The SMILES string of the molecule is CCCCCCCCCCCCCCCCCCOCCOCCOCCOCCOCCOCCOCCOCCOCCOCCOCCOCCOCCOCCOCCOCCOCCOCCOCCOCCOC(=O)CCN1CCN(C)CC1. The topological polar surface area (TPSA) is 217 Å². The number of carbonyl (C=O) groups excluding carboxylic acids is 1. The molecule has 1 heterocycles. The third-order valence-corrected chi connectivity index (χ3v) is 13.9. The molecular formula is C66H132N2O22. The number of piperazine rings is 1. The van der Waals surface area contributed by atoms with Crippen molar-refractivity contribution in [1.29, 1.82) is 0 Å². The maximum atomic E-state index is 11.9. The lowest BCUT2D eigenvalue weighted by Gasteiger charge is -2.31. The van der Waals surface area contributed by atoms with Gasteiger partial charge in [-0.3, -0.25) is 4.79 Å². The Hall–Kier alpha value is -1.41. The van der Waals surface area contributed by atoms with Crippen LogP contribution in [0, 0.1) is 0 Å². The van der Waals surface area contributed by atoms with Crippen molar-refractivity contribution in [3.8, 4) is 0 Å². The van der Waals surface area contributed by atoms with Crippen molar-refractivity contribution in [3.05, 3.63) is 0 Å². The van der Waals surface area contributed by atoms with Crippen molar-refractivity contribution in [2.45, 2.75) is 116 Å². The van der Waals surface area contributed by atoms with Crippen molar-refractivity contribution in [1.82, 2.24) is 9.80 Å². The molecule has 1 aliphatic heterocycles. The van der Waals surface area contributed by atoms with Crippen LogP contribution in [0.5, 0.6) is 0 Å². The average molecular weight is 1310 g/mol. The molecule has 24 heteroatoms. The monoisotopic (exact) mass is 1300 g/mol. The van der Waals surface area contributed by atoms with E-state index in [4.69, 9.17) is 99.5 Å². The van der Waals surface area contributed by atoms with Gasteiger partial charge in [0.1, 0.15) is 6.61 Å². The van der Waals surface area contributed by atoms with E-state index in [1.807, 2.05) is 0 Å². The van der Waals surface area contributed by atoms with Crippen molar-refractivity contribution in [2.24, 2.45) is 0 Å². The highest BCUT2D eigenvalue weighted by Crippen LogP contribution is 2.14. The Morgan fingerprint density at radius 2 is 0.411 bits per heavy atom. The number of likely N-dealkylation sites (N-methyl/N-ethyl adjacent to an activating group) is 1. The van der Waals surface area contributed by atoms with Gasteiger partial charge in [-0.2, -0.15) is 0 Å². The average Bonchev–Trinajstić information content (AvgIpc) is 3.66. The minimum absolute atomic E-state index is 0.182. The molecule has 0 unspecified atom stereocenters. The zero-order valence-electron chi connectivity index (χ0n) is 56.9. The lowest BCUT2D eigenvalue weighted by Crippen LogP contribution is -2.45. The Morgan fingerprint density at radius 3 is 0.622 bits per heavy atom. The van der Waals surface area contributed by atoms with E-state index in [0.29, 0.717) is 264 Å². The minimum atomic E-state index is -0.182. The summed E-state index contributed by atoms with van der Waals surface area (Å²) in [6.07, 6.45) is 22.5. The van der Waals surface area contributed by atoms with E-state index in [0.717, 1.165) is 45.8 Å². The first kappa shape index (κ1) is 86.6. The molecule has 0 bridgehead atoms. The Morgan fingerprint density at radius 1 is 0.233 bits per heavy atom. The predicted octanol–water partition coefficient (Wildman–Crippen LogP) is 6.76. The van der Waals surface area contributed by atoms with E-state index in [1.54, 1.807) is 0 Å². The summed E-state index contributed by atoms with van der Waals surface area (Å²) >= 11 is 0. The highest BCUT2D eigenvalue weighted by Gasteiger charge is 2.15. The summed E-state index contributed by atoms with van der Waals surface area (Å²) in [5.74, 6) is -0.182. The summed E-state index contributed by atoms with van der Waals surface area (Å²) in [6.45, 7) is 27.6. The number of ether oxygens (including phenoxy) is 21. The van der Waals surface area contributed by atoms with Crippen LogP contribution in [0.25, 0.3) is 0 Å². The first-order chi connectivity index (χ1) is 44.7. The van der Waals surface area contributed by atoms with Crippen molar-refractivity contribution < 1.29 is 104 Å². The number of hydrogen-bond donors (Lipinski definition) is 0. The molecule has 0 atom stereocenters. The summed E-state index contributed by atoms with van der Waals surface area (Å²) in [5, 5.41) is 0. The van der Waals surface area contributed by atoms with Crippen LogP contribution in [-0.2, 0) is 104 Å². The van der Waals surface area contributed by atoms with E-state index in [-0.39, 0.29) is 12.6 Å². The molecule has 0 saturated carbocycles. The Balaban J connectivity index is 1.59. The lowest BCUT2D eigenvalue weighted by atomic mass is 10.0. The van der Waals surface area contributed by atoms with Gasteiger partial charge in [-0.05, 0) is 13.5 Å². The Kier molecular flexibility index (Phi) is 75.3. The lowest BCUT2D eigenvalue weighted by molar-refractivity contribution is -0.145. The van der Waals surface area contributed by atoms with Crippen LogP contribution in [0.3, 0.4) is 0 Å². The number of unbranched alkanes of at least 4 members (excludes halogenated alkanes) is 15. The highest BCUT2D eigenvalue weighted by molar-refractivity contribution is 5.69. The molecule has 1 rings (SSSR count). The Bertz CT molecular complexity index is 1340. The fourth-order valence-electron chi connectivity index (χ4n) is 8.64. The first-order valence-electron chi connectivity index (χ1n) is 34.8. The predicted molar refractivity (Wildman–Crippen MR) is 345 cm³/mol. The number of hydrogen-bond acceptors (Lipinski definition) is 24. The molecular weight excluding hydrogens is 1170 g/mol. The summed E-state index contributed by atoms with van der Waals surface area (Å²) in [7, 11) is 2.12. The van der Waals surface area contributed by atoms with Crippen LogP contribution >= 0.6 is 0 Å². The van der Waals surface area contributed by atoms with Gasteiger partial charge in [-0.15, -0.1) is 0 Å². The number of carbonyl (C=O) groups is 1. The number of nitrogens with zero attached hydrogens (tertiary/aromatic N) is 2. The smallest absolute Gasteiger partial charge is 0.307 e. The fourth-order valence-corrected chi connectivity index (χ4v) is 8.64. The van der Waals surface area contributed by atoms with Crippen LogP contribution in [-0.4, -0.2) is 326 Å². The van der Waals surface area contributed by atoms with E-state index in [2.05, 4.69) is 23.8 Å². The molecule has 0 N–H and O–H groups in total. The van der Waals surface area contributed by atoms with Gasteiger partial charge in [0.2, 0.25) is 0 Å². The molecule has 0 aromatic heterocycles. The molecule has 0 aliphatic carbocycles. The van der Waals surface area contributed by atoms with Gasteiger partial charge in [0, 0.05) is 39.3 Å². The van der Waals surface area contributed by atoms with Crippen molar-refractivity contribution >= 4 is 5.97 Å². The van der Waals surface area contributed by atoms with E-state index in [9.17, 15) is 4.79 Å². The van der Waals surface area contributed by atoms with Crippen LogP contribution < -0.4 is 0 Å². The molecule has 0 amide bonds. The number of rotatable bonds is 80. The molecule has 90 heavy (non-hydrogen) atoms. The van der Waals surface area contributed by atoms with E-state index >= 15 is 0 Å². The van der Waals surface area contributed by atoms with Gasteiger partial charge < -0.3 is 109 Å². The zero-order valence-corrected chi connectivity index (χ0v) is 56.9. The molecule has 0 aromatic rings. The van der Waals surface area contributed by atoms with E-state index < -0.39 is 0 Å². The van der Waals surface area contributed by atoms with Crippen molar-refractivity contribution in [2.75, 3.05) is 311 Å². The molecule has 538 valence electrons. The van der Waals surface area contributed by atoms with Gasteiger partial charge in [0.25, 0.3) is 0 Å². The molecule has 24 nitrogen and oxygen atoms in total. The third-order valence-electron chi connectivity index (χ3n) is 13.9. The van der Waals surface area contributed by atoms with Crippen LogP contribution in [0.1, 0.15) is 116 Å². The van der Waals surface area contributed by atoms with Gasteiger partial charge in [-0.25, -0.2) is 0 Å². The quantitative estimate of drug-likeness (QED) is 0.0454. The molecule has 1 saturated heterocycles. The normalized spacial score (nSPS) is 13.2. The molecule has 1 fully saturated rings.